The van der Waals surface area contributed by atoms with E-state index in [-0.39, 0.29) is 42.9 Å². The predicted octanol–water partition coefficient (Wildman–Crippen LogP) is 4.38. The van der Waals surface area contributed by atoms with Gasteiger partial charge in [-0.05, 0) is 31.9 Å². The summed E-state index contributed by atoms with van der Waals surface area (Å²) < 4.78 is 83.6. The summed E-state index contributed by atoms with van der Waals surface area (Å²) in [6, 6.07) is -0.626. The molecule has 7 nitrogen and oxygen atoms in total. The van der Waals surface area contributed by atoms with Gasteiger partial charge in [0, 0.05) is 31.3 Å². The molecule has 0 spiro atoms. The number of benzene rings is 1. The zero-order valence-corrected chi connectivity index (χ0v) is 18.6. The molecule has 0 radical (unpaired) electrons. The molecule has 1 unspecified atom stereocenters. The van der Waals surface area contributed by atoms with E-state index in [0.717, 1.165) is 23.0 Å². The Morgan fingerprint density at radius 2 is 1.86 bits per heavy atom. The molecule has 1 aromatic carbocycles. The van der Waals surface area contributed by atoms with Crippen molar-refractivity contribution in [2.24, 2.45) is 7.05 Å². The molecule has 0 bridgehead atoms. The van der Waals surface area contributed by atoms with Gasteiger partial charge < -0.3 is 10.2 Å². The molecule has 0 saturated carbocycles. The molecule has 3 aromatic rings. The molecule has 1 N–H and O–H groups in total. The number of anilines is 1. The monoisotopic (exact) mass is 498 g/mol. The summed E-state index contributed by atoms with van der Waals surface area (Å²) >= 11 is 0. The van der Waals surface area contributed by atoms with Gasteiger partial charge in [-0.25, -0.2) is 17.9 Å². The lowest BCUT2D eigenvalue weighted by atomic mass is 9.95. The quantitative estimate of drug-likeness (QED) is 0.421. The maximum atomic E-state index is 13.9. The van der Waals surface area contributed by atoms with E-state index in [1.54, 1.807) is 14.0 Å². The third-order valence-electron chi connectivity index (χ3n) is 6.57. The molecule has 0 fully saturated rings. The second kappa shape index (κ2) is 8.02. The van der Waals surface area contributed by atoms with Crippen molar-refractivity contribution in [2.75, 3.05) is 18.4 Å². The van der Waals surface area contributed by atoms with Crippen LogP contribution >= 0.6 is 0 Å². The number of aromatic nitrogens is 4. The first-order chi connectivity index (χ1) is 16.5. The van der Waals surface area contributed by atoms with Crippen LogP contribution in [-0.4, -0.2) is 49.6 Å². The summed E-state index contributed by atoms with van der Waals surface area (Å²) in [4.78, 5) is 14.8. The highest BCUT2D eigenvalue weighted by molar-refractivity contribution is 5.99. The number of rotatable bonds is 2. The Morgan fingerprint density at radius 1 is 1.17 bits per heavy atom. The van der Waals surface area contributed by atoms with Gasteiger partial charge in [0.1, 0.15) is 11.4 Å². The number of fused-ring (bicyclic) bond motifs is 2. The van der Waals surface area contributed by atoms with E-state index in [9.17, 15) is 31.1 Å². The SMILES string of the molecule is C[C@H]1c2nn(C)c(-c3cc(F)c(F)c(F)c3)c2CCN1C(=O)c1cnn2c1NCCC2C(F)(F)F. The van der Waals surface area contributed by atoms with Crippen molar-refractivity contribution in [1.29, 1.82) is 0 Å². The van der Waals surface area contributed by atoms with Crippen molar-refractivity contribution >= 4 is 11.7 Å². The van der Waals surface area contributed by atoms with Crippen molar-refractivity contribution in [2.45, 2.75) is 38.0 Å². The Morgan fingerprint density at radius 3 is 2.51 bits per heavy atom. The van der Waals surface area contributed by atoms with Crippen LogP contribution in [0.25, 0.3) is 11.3 Å². The highest BCUT2D eigenvalue weighted by Crippen LogP contribution is 2.40. The fraction of sp³-hybridized carbons (Fsp3) is 0.409. The van der Waals surface area contributed by atoms with Crippen molar-refractivity contribution in [3.8, 4) is 11.3 Å². The Labute approximate surface area is 195 Å². The number of carbonyl (C=O) groups excluding carboxylic acids is 1. The van der Waals surface area contributed by atoms with Crippen LogP contribution in [0.1, 0.15) is 47.0 Å². The van der Waals surface area contributed by atoms with Gasteiger partial charge in [-0.2, -0.15) is 23.4 Å². The number of hydrogen-bond donors (Lipinski definition) is 1. The molecule has 0 saturated heterocycles. The summed E-state index contributed by atoms with van der Waals surface area (Å²) in [7, 11) is 1.57. The third kappa shape index (κ3) is 3.64. The fourth-order valence-electron chi connectivity index (χ4n) is 4.91. The zero-order chi connectivity index (χ0) is 25.2. The van der Waals surface area contributed by atoms with Crippen molar-refractivity contribution in [3.05, 3.63) is 52.6 Å². The lowest BCUT2D eigenvalue weighted by molar-refractivity contribution is -0.171. The van der Waals surface area contributed by atoms with Crippen LogP contribution in [0, 0.1) is 17.5 Å². The smallest absolute Gasteiger partial charge is 0.370 e. The van der Waals surface area contributed by atoms with Gasteiger partial charge in [-0.3, -0.25) is 9.48 Å². The first-order valence-electron chi connectivity index (χ1n) is 10.9. The molecule has 13 heteroatoms. The molecule has 2 aromatic heterocycles. The van der Waals surface area contributed by atoms with Crippen molar-refractivity contribution < 1.29 is 31.1 Å². The molecule has 186 valence electrons. The van der Waals surface area contributed by atoms with Crippen LogP contribution in [0.5, 0.6) is 0 Å². The van der Waals surface area contributed by atoms with Gasteiger partial charge in [0.15, 0.2) is 23.5 Å². The number of halogens is 6. The zero-order valence-electron chi connectivity index (χ0n) is 18.6. The van der Waals surface area contributed by atoms with E-state index in [1.807, 2.05) is 0 Å². The largest absolute Gasteiger partial charge is 0.410 e. The summed E-state index contributed by atoms with van der Waals surface area (Å²) in [6.07, 6.45) is -3.29. The number of amides is 1. The average Bonchev–Trinajstić information content (AvgIpc) is 3.37. The molecule has 1 amide bonds. The van der Waals surface area contributed by atoms with Gasteiger partial charge in [0.25, 0.3) is 5.91 Å². The first kappa shape index (κ1) is 23.2. The molecular weight excluding hydrogens is 478 g/mol. The number of hydrogen-bond acceptors (Lipinski definition) is 4. The summed E-state index contributed by atoms with van der Waals surface area (Å²) in [5, 5.41) is 11.1. The Kier molecular flexibility index (Phi) is 5.33. The predicted molar refractivity (Wildman–Crippen MR) is 112 cm³/mol. The number of nitrogens with zero attached hydrogens (tertiary/aromatic N) is 5. The Balaban J connectivity index is 1.48. The maximum Gasteiger partial charge on any atom is 0.410 e. The van der Waals surface area contributed by atoms with Gasteiger partial charge in [0.05, 0.1) is 23.6 Å². The van der Waals surface area contributed by atoms with Crippen LogP contribution in [-0.2, 0) is 13.5 Å². The third-order valence-corrected chi connectivity index (χ3v) is 6.57. The van der Waals surface area contributed by atoms with Gasteiger partial charge >= 0.3 is 6.18 Å². The molecule has 5 rings (SSSR count). The first-order valence-corrected chi connectivity index (χ1v) is 10.9. The maximum absolute atomic E-state index is 13.9. The minimum absolute atomic E-state index is 0.0144. The topological polar surface area (TPSA) is 68.0 Å². The summed E-state index contributed by atoms with van der Waals surface area (Å²) in [6.45, 7) is 1.94. The van der Waals surface area contributed by atoms with Crippen LogP contribution in [0.2, 0.25) is 0 Å². The van der Waals surface area contributed by atoms with E-state index >= 15 is 0 Å². The van der Waals surface area contributed by atoms with Gasteiger partial charge in [-0.1, -0.05) is 0 Å². The lowest BCUT2D eigenvalue weighted by Gasteiger charge is -2.33. The van der Waals surface area contributed by atoms with E-state index < -0.39 is 41.6 Å². The van der Waals surface area contributed by atoms with Crippen LogP contribution in [0.15, 0.2) is 18.3 Å². The Bertz CT molecular complexity index is 1310. The van der Waals surface area contributed by atoms with Crippen LogP contribution in [0.4, 0.5) is 32.2 Å². The second-order valence-electron chi connectivity index (χ2n) is 8.64. The number of nitrogens with one attached hydrogen (secondary N) is 1. The van der Waals surface area contributed by atoms with E-state index in [1.165, 1.54) is 9.58 Å². The van der Waals surface area contributed by atoms with Gasteiger partial charge in [0.2, 0.25) is 0 Å². The number of aryl methyl sites for hydroxylation is 1. The van der Waals surface area contributed by atoms with E-state index in [2.05, 4.69) is 15.5 Å². The summed E-state index contributed by atoms with van der Waals surface area (Å²) in [5.74, 6) is -4.72. The highest BCUT2D eigenvalue weighted by Gasteiger charge is 2.45. The molecule has 4 heterocycles. The fourth-order valence-corrected chi connectivity index (χ4v) is 4.91. The van der Waals surface area contributed by atoms with Crippen LogP contribution < -0.4 is 5.32 Å². The molecular formula is C22H20F6N6O. The average molecular weight is 498 g/mol. The molecule has 2 atom stereocenters. The van der Waals surface area contributed by atoms with Crippen molar-refractivity contribution in [1.82, 2.24) is 24.5 Å². The van der Waals surface area contributed by atoms with Gasteiger partial charge in [-0.15, -0.1) is 0 Å². The second-order valence-corrected chi connectivity index (χ2v) is 8.64. The standard InChI is InChI=1S/C22H20F6N6O/c1-10-18-12(19(32(2)31-18)11-7-14(23)17(25)15(24)8-11)4-6-33(10)21(35)13-9-30-34-16(22(26,27)28)3-5-29-20(13)34/h7-10,16,29H,3-6H2,1-2H3/t10-,16?/m0/s1. The molecule has 0 aliphatic carbocycles. The van der Waals surface area contributed by atoms with Crippen LogP contribution in [0.3, 0.4) is 0 Å². The lowest BCUT2D eigenvalue weighted by Crippen LogP contribution is -2.39. The van der Waals surface area contributed by atoms with E-state index in [4.69, 9.17) is 0 Å². The molecule has 2 aliphatic heterocycles. The van der Waals surface area contributed by atoms with Crippen molar-refractivity contribution in [3.63, 3.8) is 0 Å². The molecule has 35 heavy (non-hydrogen) atoms. The number of carbonyl (C=O) groups is 1. The van der Waals surface area contributed by atoms with E-state index in [0.29, 0.717) is 17.0 Å². The minimum Gasteiger partial charge on any atom is -0.370 e. The minimum atomic E-state index is -4.50. The number of alkyl halides is 3. The molecule has 2 aliphatic rings. The summed E-state index contributed by atoms with van der Waals surface area (Å²) in [5.41, 5.74) is 1.66. The Hall–Kier alpha value is -3.51. The normalized spacial score (nSPS) is 19.8. The highest BCUT2D eigenvalue weighted by atomic mass is 19.4.